The highest BCUT2D eigenvalue weighted by Gasteiger charge is 2.32. The summed E-state index contributed by atoms with van der Waals surface area (Å²) in [6, 6.07) is 27.7. The molecule has 0 saturated heterocycles. The zero-order valence-corrected chi connectivity index (χ0v) is 31.8. The Morgan fingerprint density at radius 1 is 0.745 bits per heavy atom. The molecule has 13 heteroatoms. The molecule has 1 unspecified atom stereocenters. The number of carbonyl (C=O) groups is 5. The molecule has 4 atom stereocenters. The molecule has 55 heavy (non-hydrogen) atoms. The largest absolute Gasteiger partial charge is 0.484 e. The Kier molecular flexibility index (Phi) is 14.9. The summed E-state index contributed by atoms with van der Waals surface area (Å²) in [4.78, 5) is 65.9. The lowest BCUT2D eigenvalue weighted by atomic mass is 9.99. The van der Waals surface area contributed by atoms with Gasteiger partial charge in [0, 0.05) is 23.1 Å². The Bertz CT molecular complexity index is 1950. The Balaban J connectivity index is 1.37. The second-order valence-electron chi connectivity index (χ2n) is 13.2. The Labute approximate surface area is 329 Å². The minimum Gasteiger partial charge on any atom is -0.484 e. The summed E-state index contributed by atoms with van der Waals surface area (Å²) in [5.41, 5.74) is 4.35. The van der Waals surface area contributed by atoms with Gasteiger partial charge in [-0.3, -0.25) is 24.0 Å². The van der Waals surface area contributed by atoms with Crippen LogP contribution >= 0.6 is 23.4 Å². The topological polar surface area (TPSA) is 163 Å². The van der Waals surface area contributed by atoms with Crippen molar-refractivity contribution in [2.45, 2.75) is 56.0 Å². The maximum absolute atomic E-state index is 14.2. The minimum absolute atomic E-state index is 0.0231. The van der Waals surface area contributed by atoms with E-state index in [9.17, 15) is 29.1 Å². The predicted octanol–water partition coefficient (Wildman–Crippen LogP) is 5.24. The number of carbonyl (C=O) groups excluding carboxylic acids is 4. The van der Waals surface area contributed by atoms with Gasteiger partial charge in [0.05, 0.1) is 0 Å². The van der Waals surface area contributed by atoms with Crippen LogP contribution in [0.1, 0.15) is 29.5 Å². The summed E-state index contributed by atoms with van der Waals surface area (Å²) in [6.07, 6.45) is 3.11. The third-order valence-corrected chi connectivity index (χ3v) is 10.2. The van der Waals surface area contributed by atoms with E-state index in [4.69, 9.17) is 16.3 Å². The van der Waals surface area contributed by atoms with Crippen LogP contribution in [0, 0.1) is 6.92 Å². The molecular weight excluding hydrogens is 740 g/mol. The molecule has 0 fully saturated rings. The molecule has 0 spiro atoms. The van der Waals surface area contributed by atoms with Crippen molar-refractivity contribution < 1.29 is 33.8 Å². The first-order valence-corrected chi connectivity index (χ1v) is 19.1. The van der Waals surface area contributed by atoms with E-state index in [2.05, 4.69) is 21.3 Å². The van der Waals surface area contributed by atoms with Crippen molar-refractivity contribution in [1.29, 1.82) is 0 Å². The van der Waals surface area contributed by atoms with Gasteiger partial charge in [0.1, 0.15) is 30.4 Å². The molecular formula is C42H43ClN4O7S. The number of ether oxygens (including phenoxy) is 1. The quantitative estimate of drug-likeness (QED) is 0.0916. The molecule has 0 radical (unpaired) electrons. The average Bonchev–Trinajstić information content (AvgIpc) is 3.70. The zero-order chi connectivity index (χ0) is 39.2. The van der Waals surface area contributed by atoms with Gasteiger partial charge in [0.2, 0.25) is 17.7 Å². The molecule has 4 amide bonds. The molecule has 11 nitrogen and oxygen atoms in total. The molecule has 5 rings (SSSR count). The third-order valence-electron chi connectivity index (χ3n) is 8.84. The van der Waals surface area contributed by atoms with Crippen LogP contribution in [0.4, 0.5) is 0 Å². The highest BCUT2D eigenvalue weighted by Crippen LogP contribution is 2.28. The fourth-order valence-electron chi connectivity index (χ4n) is 5.91. The summed E-state index contributed by atoms with van der Waals surface area (Å²) >= 11 is 7.63. The number of hydrogen-bond acceptors (Lipinski definition) is 7. The molecule has 0 aliphatic carbocycles. The summed E-state index contributed by atoms with van der Waals surface area (Å²) in [6.45, 7) is 0.986. The van der Waals surface area contributed by atoms with Crippen LogP contribution in [0.5, 0.6) is 5.75 Å². The van der Waals surface area contributed by atoms with E-state index in [0.29, 0.717) is 17.2 Å². The summed E-state index contributed by atoms with van der Waals surface area (Å²) in [7, 11) is 0. The number of aliphatic carboxylic acids is 1. The lowest BCUT2D eigenvalue weighted by Gasteiger charge is -2.26. The molecule has 0 saturated carbocycles. The number of hydrogen-bond donors (Lipinski definition) is 5. The van der Waals surface area contributed by atoms with Gasteiger partial charge >= 0.3 is 5.97 Å². The second kappa shape index (κ2) is 20.2. The number of carboxylic acids is 1. The summed E-state index contributed by atoms with van der Waals surface area (Å²) in [5.74, 6) is -3.17. The molecule has 1 aliphatic rings. The number of rotatable bonds is 18. The van der Waals surface area contributed by atoms with Crippen LogP contribution in [-0.2, 0) is 36.8 Å². The van der Waals surface area contributed by atoms with Crippen LogP contribution in [0.3, 0.4) is 0 Å². The first kappa shape index (κ1) is 40.6. The lowest BCUT2D eigenvalue weighted by Crippen LogP contribution is -2.58. The molecule has 5 N–H and O–H groups in total. The van der Waals surface area contributed by atoms with Gasteiger partial charge in [-0.25, -0.2) is 0 Å². The van der Waals surface area contributed by atoms with Crippen molar-refractivity contribution in [2.24, 2.45) is 0 Å². The lowest BCUT2D eigenvalue weighted by molar-refractivity contribution is -0.138. The van der Waals surface area contributed by atoms with Gasteiger partial charge in [-0.1, -0.05) is 102 Å². The third kappa shape index (κ3) is 13.0. The molecule has 0 aromatic heterocycles. The molecule has 0 bridgehead atoms. The van der Waals surface area contributed by atoms with E-state index in [1.807, 2.05) is 73.0 Å². The fraction of sp³-hybridized carbons (Fsp3) is 0.262. The Hall–Kier alpha value is -5.59. The highest BCUT2D eigenvalue weighted by atomic mass is 35.5. The predicted molar refractivity (Wildman–Crippen MR) is 214 cm³/mol. The minimum atomic E-state index is -1.24. The van der Waals surface area contributed by atoms with Gasteiger partial charge in [-0.2, -0.15) is 0 Å². The van der Waals surface area contributed by atoms with Gasteiger partial charge in [-0.05, 0) is 71.7 Å². The average molecular weight is 783 g/mol. The summed E-state index contributed by atoms with van der Waals surface area (Å²) < 4.78 is 5.66. The Morgan fingerprint density at radius 2 is 1.33 bits per heavy atom. The van der Waals surface area contributed by atoms with E-state index >= 15 is 0 Å². The first-order chi connectivity index (χ1) is 26.5. The van der Waals surface area contributed by atoms with Crippen molar-refractivity contribution in [3.8, 4) is 16.9 Å². The van der Waals surface area contributed by atoms with Crippen molar-refractivity contribution in [1.82, 2.24) is 21.3 Å². The molecule has 4 aromatic rings. The fourth-order valence-corrected chi connectivity index (χ4v) is 7.00. The molecule has 1 heterocycles. The van der Waals surface area contributed by atoms with Crippen molar-refractivity contribution in [3.05, 3.63) is 136 Å². The smallest absolute Gasteiger partial charge is 0.322 e. The number of allylic oxidation sites excluding steroid dienone is 1. The van der Waals surface area contributed by atoms with E-state index in [-0.39, 0.29) is 31.1 Å². The molecule has 1 aliphatic heterocycles. The number of thioether (sulfide) groups is 1. The number of halogens is 1. The molecule has 4 aromatic carbocycles. The van der Waals surface area contributed by atoms with Gasteiger partial charge in [0.25, 0.3) is 5.91 Å². The number of aryl methyl sites for hydroxylation is 1. The van der Waals surface area contributed by atoms with Crippen LogP contribution < -0.4 is 26.0 Å². The van der Waals surface area contributed by atoms with Crippen LogP contribution in [0.15, 0.2) is 115 Å². The van der Waals surface area contributed by atoms with E-state index in [1.54, 1.807) is 60.3 Å². The summed E-state index contributed by atoms with van der Waals surface area (Å²) in [5, 5.41) is 22.6. The van der Waals surface area contributed by atoms with E-state index in [0.717, 1.165) is 27.8 Å². The number of nitrogens with one attached hydrogen (secondary N) is 4. The van der Waals surface area contributed by atoms with Crippen LogP contribution in [-0.4, -0.2) is 71.2 Å². The van der Waals surface area contributed by atoms with Gasteiger partial charge < -0.3 is 31.1 Å². The maximum atomic E-state index is 14.2. The normalized spacial score (nSPS) is 14.9. The second-order valence-corrected chi connectivity index (χ2v) is 14.8. The van der Waals surface area contributed by atoms with E-state index in [1.165, 1.54) is 0 Å². The van der Waals surface area contributed by atoms with E-state index < -0.39 is 54.3 Å². The molecule has 286 valence electrons. The van der Waals surface area contributed by atoms with Crippen LogP contribution in [0.25, 0.3) is 11.1 Å². The zero-order valence-electron chi connectivity index (χ0n) is 30.2. The standard InChI is InChI=1S/C42H43ClN4O7S/c1-27-9-19-33(20-10-27)54-26-38(48)45-37(24-34-8-5-21-55-34)42(53)47-36(23-29-11-13-30(14-12-29)31-15-17-32(43)18-16-31)41(52)46-35(40(51)44-25-39(49)50)22-28-6-3-2-4-7-28/h2-7,9-21,34-37H,8,22-26H2,1H3,(H,44,51)(H,45,48)(H,46,52)(H,47,53)(H,49,50)/t34?,35-,36-,37-/m0/s1. The van der Waals surface area contributed by atoms with Crippen molar-refractivity contribution in [3.63, 3.8) is 0 Å². The van der Waals surface area contributed by atoms with Gasteiger partial charge in [-0.15, -0.1) is 11.8 Å². The van der Waals surface area contributed by atoms with Crippen molar-refractivity contribution >= 4 is 53.0 Å². The van der Waals surface area contributed by atoms with Gasteiger partial charge in [0.15, 0.2) is 6.61 Å². The number of amides is 4. The number of carboxylic acid groups (broad SMARTS) is 1. The monoisotopic (exact) mass is 782 g/mol. The van der Waals surface area contributed by atoms with Crippen molar-refractivity contribution in [2.75, 3.05) is 13.2 Å². The Morgan fingerprint density at radius 3 is 1.93 bits per heavy atom. The first-order valence-electron chi connectivity index (χ1n) is 17.8. The SMILES string of the molecule is Cc1ccc(OCC(=O)N[C@@H](CC2CC=CS2)C(=O)N[C@@H](Cc2ccc(-c3ccc(Cl)cc3)cc2)C(=O)N[C@@H](Cc2ccccc2)C(=O)NCC(=O)O)cc1. The van der Waals surface area contributed by atoms with Crippen LogP contribution in [0.2, 0.25) is 5.02 Å². The highest BCUT2D eigenvalue weighted by molar-refractivity contribution is 8.03. The number of benzene rings is 4. The maximum Gasteiger partial charge on any atom is 0.322 e.